The first-order valence-electron chi connectivity index (χ1n) is 4.40. The van der Waals surface area contributed by atoms with Gasteiger partial charge in [0.15, 0.2) is 0 Å². The van der Waals surface area contributed by atoms with Crippen molar-refractivity contribution in [2.24, 2.45) is 0 Å². The van der Waals surface area contributed by atoms with Gasteiger partial charge in [-0.15, -0.1) is 0 Å². The average molecular weight is 180 g/mol. The lowest BCUT2D eigenvalue weighted by atomic mass is 9.92. The van der Waals surface area contributed by atoms with Gasteiger partial charge in [0.1, 0.15) is 5.69 Å². The van der Waals surface area contributed by atoms with Crippen LogP contribution in [-0.2, 0) is 5.41 Å². The Hall–Kier alpha value is -1.12. The predicted octanol–water partition coefficient (Wildman–Crippen LogP) is 1.68. The van der Waals surface area contributed by atoms with Crippen molar-refractivity contribution >= 4 is 0 Å². The van der Waals surface area contributed by atoms with Crippen LogP contribution in [-0.4, -0.2) is 9.97 Å². The molecule has 0 atom stereocenters. The number of H-pyrrole nitrogens is 1. The van der Waals surface area contributed by atoms with E-state index in [0.717, 1.165) is 11.4 Å². The fraction of sp³-hybridized carbons (Fsp3) is 0.600. The second-order valence-electron chi connectivity index (χ2n) is 4.37. The summed E-state index contributed by atoms with van der Waals surface area (Å²) in [5, 5.41) is 0. The Kier molecular flexibility index (Phi) is 2.28. The molecule has 13 heavy (non-hydrogen) atoms. The summed E-state index contributed by atoms with van der Waals surface area (Å²) in [6, 6.07) is 0. The number of aromatic nitrogens is 2. The van der Waals surface area contributed by atoms with E-state index in [2.05, 4.69) is 9.97 Å². The molecule has 0 radical (unpaired) electrons. The summed E-state index contributed by atoms with van der Waals surface area (Å²) in [5.41, 5.74) is 2.08. The molecule has 0 saturated carbocycles. The van der Waals surface area contributed by atoms with E-state index in [-0.39, 0.29) is 11.0 Å². The number of nitrogens with zero attached hydrogens (tertiary/aromatic N) is 1. The quantitative estimate of drug-likeness (QED) is 0.660. The van der Waals surface area contributed by atoms with Crippen LogP contribution in [0.15, 0.2) is 4.79 Å². The fourth-order valence-corrected chi connectivity index (χ4v) is 1.13. The Labute approximate surface area is 78.2 Å². The molecule has 1 rings (SSSR count). The summed E-state index contributed by atoms with van der Waals surface area (Å²) in [4.78, 5) is 18.6. The first-order chi connectivity index (χ1) is 5.82. The maximum Gasteiger partial charge on any atom is 0.270 e. The topological polar surface area (TPSA) is 45.8 Å². The van der Waals surface area contributed by atoms with E-state index in [1.54, 1.807) is 0 Å². The molecule has 1 N–H and O–H groups in total. The van der Waals surface area contributed by atoms with E-state index < -0.39 is 0 Å². The van der Waals surface area contributed by atoms with Crippen LogP contribution in [0.1, 0.15) is 37.9 Å². The second-order valence-corrected chi connectivity index (χ2v) is 4.37. The van der Waals surface area contributed by atoms with Crippen molar-refractivity contribution in [3.8, 4) is 0 Å². The minimum absolute atomic E-state index is 0.0735. The molecule has 0 aliphatic heterocycles. The number of hydrogen-bond donors (Lipinski definition) is 1. The molecule has 0 aromatic carbocycles. The molecule has 0 unspecified atom stereocenters. The van der Waals surface area contributed by atoms with E-state index in [9.17, 15) is 4.79 Å². The van der Waals surface area contributed by atoms with Gasteiger partial charge in [-0.25, -0.2) is 0 Å². The molecule has 0 fully saturated rings. The Bertz CT molecular complexity index is 371. The van der Waals surface area contributed by atoms with Crippen LogP contribution in [0.25, 0.3) is 0 Å². The van der Waals surface area contributed by atoms with Crippen LogP contribution >= 0.6 is 0 Å². The molecule has 0 aliphatic rings. The molecule has 3 nitrogen and oxygen atoms in total. The summed E-state index contributed by atoms with van der Waals surface area (Å²) < 4.78 is 0. The highest BCUT2D eigenvalue weighted by atomic mass is 16.1. The van der Waals surface area contributed by atoms with E-state index in [4.69, 9.17) is 0 Å². The zero-order valence-electron chi connectivity index (χ0n) is 8.86. The van der Waals surface area contributed by atoms with Gasteiger partial charge >= 0.3 is 0 Å². The highest BCUT2D eigenvalue weighted by Crippen LogP contribution is 2.16. The largest absolute Gasteiger partial charge is 0.323 e. The van der Waals surface area contributed by atoms with Crippen LogP contribution in [0, 0.1) is 13.8 Å². The molecule has 0 saturated heterocycles. The molecule has 0 amide bonds. The second kappa shape index (κ2) is 2.98. The van der Waals surface area contributed by atoms with Crippen LogP contribution < -0.4 is 5.56 Å². The van der Waals surface area contributed by atoms with Crippen LogP contribution in [0.2, 0.25) is 0 Å². The zero-order chi connectivity index (χ0) is 10.2. The lowest BCUT2D eigenvalue weighted by molar-refractivity contribution is 0.555. The Morgan fingerprint density at radius 1 is 1.23 bits per heavy atom. The van der Waals surface area contributed by atoms with Crippen molar-refractivity contribution in [2.75, 3.05) is 0 Å². The van der Waals surface area contributed by atoms with Gasteiger partial charge in [0, 0.05) is 11.1 Å². The Balaban J connectivity index is 3.41. The standard InChI is InChI=1S/C10H16N2O/c1-6-7(2)12-9(13)8(11-6)10(3,4)5/h1-5H3,(H,12,13). The van der Waals surface area contributed by atoms with Crippen molar-refractivity contribution in [3.05, 3.63) is 27.4 Å². The van der Waals surface area contributed by atoms with Crippen molar-refractivity contribution in [3.63, 3.8) is 0 Å². The van der Waals surface area contributed by atoms with E-state index in [1.807, 2.05) is 34.6 Å². The summed E-state index contributed by atoms with van der Waals surface area (Å²) in [5.74, 6) is 0. The lowest BCUT2D eigenvalue weighted by Gasteiger charge is -2.17. The van der Waals surface area contributed by atoms with Crippen molar-refractivity contribution in [1.82, 2.24) is 9.97 Å². The van der Waals surface area contributed by atoms with Crippen molar-refractivity contribution in [2.45, 2.75) is 40.0 Å². The minimum Gasteiger partial charge on any atom is -0.323 e. The molecule has 72 valence electrons. The normalized spacial score (nSPS) is 11.8. The predicted molar refractivity (Wildman–Crippen MR) is 53.0 cm³/mol. The molecular formula is C10H16N2O. The van der Waals surface area contributed by atoms with Crippen molar-refractivity contribution in [1.29, 1.82) is 0 Å². The number of rotatable bonds is 0. The third kappa shape index (κ3) is 1.97. The maximum absolute atomic E-state index is 11.5. The van der Waals surface area contributed by atoms with Gasteiger partial charge in [-0.2, -0.15) is 0 Å². The van der Waals surface area contributed by atoms with Gasteiger partial charge in [0.05, 0.1) is 5.69 Å². The number of hydrogen-bond acceptors (Lipinski definition) is 2. The highest BCUT2D eigenvalue weighted by molar-refractivity contribution is 5.16. The molecule has 0 spiro atoms. The van der Waals surface area contributed by atoms with E-state index in [0.29, 0.717) is 5.69 Å². The van der Waals surface area contributed by atoms with Gasteiger partial charge in [-0.3, -0.25) is 9.78 Å². The SMILES string of the molecule is Cc1nc(C(C)(C)C)c(=O)[nH]c1C. The monoisotopic (exact) mass is 180 g/mol. The number of aromatic amines is 1. The first kappa shape index (κ1) is 9.96. The van der Waals surface area contributed by atoms with Gasteiger partial charge in [0.2, 0.25) is 0 Å². The van der Waals surface area contributed by atoms with Gasteiger partial charge in [-0.1, -0.05) is 20.8 Å². The first-order valence-corrected chi connectivity index (χ1v) is 4.40. The number of nitrogens with one attached hydrogen (secondary N) is 1. The summed E-state index contributed by atoms with van der Waals surface area (Å²) >= 11 is 0. The molecular weight excluding hydrogens is 164 g/mol. The third-order valence-corrected chi connectivity index (χ3v) is 2.05. The zero-order valence-corrected chi connectivity index (χ0v) is 8.86. The van der Waals surface area contributed by atoms with Gasteiger partial charge < -0.3 is 4.98 Å². The van der Waals surface area contributed by atoms with E-state index >= 15 is 0 Å². The highest BCUT2D eigenvalue weighted by Gasteiger charge is 2.20. The summed E-state index contributed by atoms with van der Waals surface area (Å²) in [7, 11) is 0. The smallest absolute Gasteiger partial charge is 0.270 e. The molecule has 1 aromatic heterocycles. The average Bonchev–Trinajstić information content (AvgIpc) is 1.94. The fourth-order valence-electron chi connectivity index (χ4n) is 1.13. The lowest BCUT2D eigenvalue weighted by Crippen LogP contribution is -2.27. The molecule has 0 aliphatic carbocycles. The van der Waals surface area contributed by atoms with Crippen LogP contribution in [0.3, 0.4) is 0 Å². The molecule has 3 heteroatoms. The van der Waals surface area contributed by atoms with Gasteiger partial charge in [0.25, 0.3) is 5.56 Å². The van der Waals surface area contributed by atoms with Crippen molar-refractivity contribution < 1.29 is 0 Å². The number of aryl methyl sites for hydroxylation is 2. The summed E-state index contributed by atoms with van der Waals surface area (Å²) in [6.07, 6.45) is 0. The van der Waals surface area contributed by atoms with E-state index in [1.165, 1.54) is 0 Å². The third-order valence-electron chi connectivity index (χ3n) is 2.05. The minimum atomic E-state index is -0.188. The maximum atomic E-state index is 11.5. The van der Waals surface area contributed by atoms with Gasteiger partial charge in [-0.05, 0) is 13.8 Å². The van der Waals surface area contributed by atoms with Crippen LogP contribution in [0.5, 0.6) is 0 Å². The summed E-state index contributed by atoms with van der Waals surface area (Å²) in [6.45, 7) is 9.72. The Morgan fingerprint density at radius 3 is 2.23 bits per heavy atom. The van der Waals surface area contributed by atoms with Crippen LogP contribution in [0.4, 0.5) is 0 Å². The Morgan fingerprint density at radius 2 is 1.77 bits per heavy atom. The molecule has 1 heterocycles. The molecule has 1 aromatic rings. The molecule has 0 bridgehead atoms.